The summed E-state index contributed by atoms with van der Waals surface area (Å²) < 4.78 is 10.3. The third kappa shape index (κ3) is 2.96. The quantitative estimate of drug-likeness (QED) is 0.678. The highest BCUT2D eigenvalue weighted by molar-refractivity contribution is 5.76. The molecule has 0 aromatic heterocycles. The van der Waals surface area contributed by atoms with Crippen molar-refractivity contribution in [3.63, 3.8) is 0 Å². The van der Waals surface area contributed by atoms with E-state index < -0.39 is 5.60 Å². The second kappa shape index (κ2) is 4.28. The van der Waals surface area contributed by atoms with Crippen molar-refractivity contribution in [1.82, 2.24) is 5.32 Å². The van der Waals surface area contributed by atoms with Crippen LogP contribution in [0.1, 0.15) is 20.8 Å². The molecule has 14 heavy (non-hydrogen) atoms. The molecule has 0 saturated carbocycles. The lowest BCUT2D eigenvalue weighted by atomic mass is 9.98. The van der Waals surface area contributed by atoms with Gasteiger partial charge in [0.2, 0.25) is 0 Å². The molecule has 1 aliphatic rings. The summed E-state index contributed by atoms with van der Waals surface area (Å²) in [6.07, 6.45) is 0. The van der Waals surface area contributed by atoms with E-state index in [-0.39, 0.29) is 17.9 Å². The van der Waals surface area contributed by atoms with Crippen molar-refractivity contribution in [2.45, 2.75) is 32.4 Å². The van der Waals surface area contributed by atoms with Gasteiger partial charge in [-0.15, -0.1) is 0 Å². The van der Waals surface area contributed by atoms with E-state index in [0.29, 0.717) is 13.2 Å². The molecule has 0 aromatic rings. The normalized spacial score (nSPS) is 20.0. The van der Waals surface area contributed by atoms with Gasteiger partial charge in [0.15, 0.2) is 0 Å². The van der Waals surface area contributed by atoms with Gasteiger partial charge in [-0.3, -0.25) is 4.79 Å². The van der Waals surface area contributed by atoms with Crippen molar-refractivity contribution < 1.29 is 14.3 Å². The van der Waals surface area contributed by atoms with Gasteiger partial charge in [-0.2, -0.15) is 0 Å². The van der Waals surface area contributed by atoms with Crippen molar-refractivity contribution in [2.24, 2.45) is 5.92 Å². The highest BCUT2D eigenvalue weighted by atomic mass is 16.6. The van der Waals surface area contributed by atoms with Crippen molar-refractivity contribution in [3.05, 3.63) is 0 Å². The maximum atomic E-state index is 11.7. The molecule has 82 valence electrons. The fourth-order valence-electron chi connectivity index (χ4n) is 1.36. The standard InChI is InChI=1S/C10H19NO3/c1-10(2,3)14-9(12)8(11-4)7-5-13-6-7/h7-8,11H,5-6H2,1-4H3. The van der Waals surface area contributed by atoms with Gasteiger partial charge in [0, 0.05) is 5.92 Å². The fourth-order valence-corrected chi connectivity index (χ4v) is 1.36. The topological polar surface area (TPSA) is 47.6 Å². The van der Waals surface area contributed by atoms with E-state index in [0.717, 1.165) is 0 Å². The first kappa shape index (κ1) is 11.5. The summed E-state index contributed by atoms with van der Waals surface area (Å²) in [5.74, 6) is 0.0724. The van der Waals surface area contributed by atoms with Gasteiger partial charge in [-0.1, -0.05) is 0 Å². The number of rotatable bonds is 3. The molecule has 1 saturated heterocycles. The molecule has 4 nitrogen and oxygen atoms in total. The highest BCUT2D eigenvalue weighted by Gasteiger charge is 2.35. The van der Waals surface area contributed by atoms with Crippen LogP contribution in [0.3, 0.4) is 0 Å². The molecular weight excluding hydrogens is 182 g/mol. The van der Waals surface area contributed by atoms with Gasteiger partial charge in [0.05, 0.1) is 13.2 Å². The summed E-state index contributed by atoms with van der Waals surface area (Å²) in [6.45, 7) is 6.90. The number of carbonyl (C=O) groups is 1. The predicted octanol–water partition coefficient (Wildman–Crippen LogP) is 0.562. The first-order valence-corrected chi connectivity index (χ1v) is 4.92. The Morgan fingerprint density at radius 2 is 2.07 bits per heavy atom. The number of nitrogens with one attached hydrogen (secondary N) is 1. The lowest BCUT2D eigenvalue weighted by molar-refractivity contribution is -0.164. The maximum Gasteiger partial charge on any atom is 0.324 e. The molecule has 0 radical (unpaired) electrons. The Labute approximate surface area is 85.0 Å². The van der Waals surface area contributed by atoms with Gasteiger partial charge >= 0.3 is 5.97 Å². The van der Waals surface area contributed by atoms with Crippen molar-refractivity contribution in [3.8, 4) is 0 Å². The zero-order valence-corrected chi connectivity index (χ0v) is 9.29. The van der Waals surface area contributed by atoms with Crippen LogP contribution >= 0.6 is 0 Å². The van der Waals surface area contributed by atoms with E-state index in [1.807, 2.05) is 20.8 Å². The predicted molar refractivity (Wildman–Crippen MR) is 53.0 cm³/mol. The monoisotopic (exact) mass is 201 g/mol. The van der Waals surface area contributed by atoms with E-state index in [4.69, 9.17) is 9.47 Å². The van der Waals surface area contributed by atoms with Crippen LogP contribution in [0.25, 0.3) is 0 Å². The summed E-state index contributed by atoms with van der Waals surface area (Å²) in [4.78, 5) is 11.7. The molecule has 1 rings (SSSR count). The van der Waals surface area contributed by atoms with Crippen LogP contribution < -0.4 is 5.32 Å². The molecular formula is C10H19NO3. The Hall–Kier alpha value is -0.610. The van der Waals surface area contributed by atoms with Gasteiger partial charge < -0.3 is 14.8 Å². The molecule has 4 heteroatoms. The number of ether oxygens (including phenoxy) is 2. The van der Waals surface area contributed by atoms with Crippen molar-refractivity contribution in [2.75, 3.05) is 20.3 Å². The number of hydrogen-bond donors (Lipinski definition) is 1. The van der Waals surface area contributed by atoms with E-state index in [1.54, 1.807) is 7.05 Å². The van der Waals surface area contributed by atoms with Gasteiger partial charge in [-0.25, -0.2) is 0 Å². The molecule has 1 fully saturated rings. The van der Waals surface area contributed by atoms with Crippen LogP contribution in [-0.2, 0) is 14.3 Å². The average Bonchev–Trinajstić information content (AvgIpc) is 1.92. The zero-order valence-electron chi connectivity index (χ0n) is 9.29. The largest absolute Gasteiger partial charge is 0.459 e. The molecule has 0 bridgehead atoms. The first-order valence-electron chi connectivity index (χ1n) is 4.92. The van der Waals surface area contributed by atoms with Crippen molar-refractivity contribution in [1.29, 1.82) is 0 Å². The maximum absolute atomic E-state index is 11.7. The van der Waals surface area contributed by atoms with E-state index in [1.165, 1.54) is 0 Å². The molecule has 0 amide bonds. The molecule has 1 unspecified atom stereocenters. The molecule has 0 aromatic carbocycles. The molecule has 1 atom stereocenters. The smallest absolute Gasteiger partial charge is 0.324 e. The minimum atomic E-state index is -0.420. The summed E-state index contributed by atoms with van der Waals surface area (Å²) in [5, 5.41) is 2.97. The first-order chi connectivity index (χ1) is 6.44. The Kier molecular flexibility index (Phi) is 3.50. The third-order valence-electron chi connectivity index (χ3n) is 2.11. The SMILES string of the molecule is CNC(C(=O)OC(C)(C)C)C1COC1. The van der Waals surface area contributed by atoms with Crippen molar-refractivity contribution >= 4 is 5.97 Å². The van der Waals surface area contributed by atoms with Gasteiger partial charge in [0.25, 0.3) is 0 Å². The summed E-state index contributed by atoms with van der Waals surface area (Å²) in [7, 11) is 1.77. The number of likely N-dealkylation sites (N-methyl/N-ethyl adjacent to an activating group) is 1. The van der Waals surface area contributed by atoms with Gasteiger partial charge in [-0.05, 0) is 27.8 Å². The number of esters is 1. The Morgan fingerprint density at radius 3 is 2.36 bits per heavy atom. The van der Waals surface area contributed by atoms with E-state index in [2.05, 4.69) is 5.32 Å². The van der Waals surface area contributed by atoms with Crippen LogP contribution in [0.5, 0.6) is 0 Å². The number of carbonyl (C=O) groups excluding carboxylic acids is 1. The second-order valence-corrected chi connectivity index (χ2v) is 4.60. The molecule has 1 N–H and O–H groups in total. The molecule has 1 aliphatic heterocycles. The zero-order chi connectivity index (χ0) is 10.8. The van der Waals surface area contributed by atoms with Crippen LogP contribution in [0.2, 0.25) is 0 Å². The van der Waals surface area contributed by atoms with E-state index >= 15 is 0 Å². The molecule has 1 heterocycles. The average molecular weight is 201 g/mol. The van der Waals surface area contributed by atoms with Crippen LogP contribution in [0, 0.1) is 5.92 Å². The number of hydrogen-bond acceptors (Lipinski definition) is 4. The minimum absolute atomic E-state index is 0.187. The molecule has 0 aliphatic carbocycles. The minimum Gasteiger partial charge on any atom is -0.459 e. The Balaban J connectivity index is 2.47. The Bertz CT molecular complexity index is 206. The van der Waals surface area contributed by atoms with Crippen LogP contribution in [0.15, 0.2) is 0 Å². The summed E-state index contributed by atoms with van der Waals surface area (Å²) in [6, 6.07) is -0.233. The van der Waals surface area contributed by atoms with Crippen LogP contribution in [-0.4, -0.2) is 37.9 Å². The Morgan fingerprint density at radius 1 is 1.50 bits per heavy atom. The highest BCUT2D eigenvalue weighted by Crippen LogP contribution is 2.18. The third-order valence-corrected chi connectivity index (χ3v) is 2.11. The van der Waals surface area contributed by atoms with Gasteiger partial charge in [0.1, 0.15) is 11.6 Å². The summed E-state index contributed by atoms with van der Waals surface area (Å²) >= 11 is 0. The lowest BCUT2D eigenvalue weighted by Crippen LogP contribution is -2.51. The van der Waals surface area contributed by atoms with Crippen LogP contribution in [0.4, 0.5) is 0 Å². The summed E-state index contributed by atoms with van der Waals surface area (Å²) in [5.41, 5.74) is -0.420. The lowest BCUT2D eigenvalue weighted by Gasteiger charge is -2.33. The second-order valence-electron chi connectivity index (χ2n) is 4.60. The fraction of sp³-hybridized carbons (Fsp3) is 0.900. The van der Waals surface area contributed by atoms with E-state index in [9.17, 15) is 4.79 Å². The molecule has 0 spiro atoms.